The lowest BCUT2D eigenvalue weighted by Gasteiger charge is -2.02. The predicted molar refractivity (Wildman–Crippen MR) is 57.2 cm³/mol. The molecule has 1 aromatic carbocycles. The van der Waals surface area contributed by atoms with E-state index in [1.165, 1.54) is 0 Å². The average molecular weight is 227 g/mol. The monoisotopic (exact) mass is 226 g/mol. The number of para-hydroxylation sites is 1. The zero-order chi connectivity index (χ0) is 10.1. The average Bonchev–Trinajstić information content (AvgIpc) is 2.18. The van der Waals surface area contributed by atoms with Crippen molar-refractivity contribution in [2.75, 3.05) is 0 Å². The summed E-state index contributed by atoms with van der Waals surface area (Å²) in [6.45, 7) is 0. The first-order valence-corrected chi connectivity index (χ1v) is 4.56. The summed E-state index contributed by atoms with van der Waals surface area (Å²) in [6, 6.07) is 7.14. The van der Waals surface area contributed by atoms with Crippen molar-refractivity contribution in [3.05, 3.63) is 39.3 Å². The Balaban J connectivity index is 2.92. The van der Waals surface area contributed by atoms with Crippen molar-refractivity contribution >= 4 is 39.8 Å². The van der Waals surface area contributed by atoms with Crippen LogP contribution < -0.4 is 0 Å². The summed E-state index contributed by atoms with van der Waals surface area (Å²) >= 11 is 11.6. The van der Waals surface area contributed by atoms with Gasteiger partial charge in [0, 0.05) is 5.39 Å². The van der Waals surface area contributed by atoms with Crippen LogP contribution in [0.5, 0.6) is 0 Å². The van der Waals surface area contributed by atoms with Gasteiger partial charge in [-0.1, -0.05) is 41.4 Å². The van der Waals surface area contributed by atoms with Crippen LogP contribution in [0.3, 0.4) is 0 Å². The number of nitroso groups, excluding NO2 is 1. The van der Waals surface area contributed by atoms with Gasteiger partial charge in [0.05, 0.1) is 10.5 Å². The zero-order valence-electron chi connectivity index (χ0n) is 6.87. The number of halogens is 2. The van der Waals surface area contributed by atoms with Crippen LogP contribution in [0, 0.1) is 4.91 Å². The van der Waals surface area contributed by atoms with Crippen molar-refractivity contribution in [2.24, 2.45) is 5.18 Å². The quantitative estimate of drug-likeness (QED) is 0.546. The van der Waals surface area contributed by atoms with Crippen LogP contribution in [-0.4, -0.2) is 4.98 Å². The van der Waals surface area contributed by atoms with E-state index in [2.05, 4.69) is 10.2 Å². The number of fused-ring (bicyclic) bond motifs is 1. The molecule has 1 heterocycles. The predicted octanol–water partition coefficient (Wildman–Crippen LogP) is 3.94. The van der Waals surface area contributed by atoms with E-state index < -0.39 is 0 Å². The fraction of sp³-hybridized carbons (Fsp3) is 0. The van der Waals surface area contributed by atoms with E-state index in [-0.39, 0.29) is 15.9 Å². The maximum atomic E-state index is 10.4. The van der Waals surface area contributed by atoms with Gasteiger partial charge in [0.1, 0.15) is 0 Å². The Morgan fingerprint density at radius 1 is 1.21 bits per heavy atom. The van der Waals surface area contributed by atoms with Gasteiger partial charge in [0.15, 0.2) is 10.8 Å². The first-order valence-electron chi connectivity index (χ1n) is 3.81. The van der Waals surface area contributed by atoms with Crippen LogP contribution in [0.25, 0.3) is 10.9 Å². The second-order valence-corrected chi connectivity index (χ2v) is 3.41. The molecular weight excluding hydrogens is 223 g/mol. The Labute approximate surface area is 89.6 Å². The molecule has 2 aromatic rings. The summed E-state index contributed by atoms with van der Waals surface area (Å²) in [7, 11) is 0. The second-order valence-electron chi connectivity index (χ2n) is 2.67. The van der Waals surface area contributed by atoms with E-state index in [0.29, 0.717) is 10.9 Å². The molecule has 0 aliphatic carbocycles. The summed E-state index contributed by atoms with van der Waals surface area (Å²) < 4.78 is 0. The molecule has 2 rings (SSSR count). The standard InChI is InChI=1S/C9H4Cl2N2O/c10-7-5-3-1-2-4-6(5)12-9(11)8(7)13-14/h1-4H. The summed E-state index contributed by atoms with van der Waals surface area (Å²) in [4.78, 5) is 14.4. The van der Waals surface area contributed by atoms with E-state index >= 15 is 0 Å². The van der Waals surface area contributed by atoms with Crippen molar-refractivity contribution in [3.63, 3.8) is 0 Å². The molecule has 0 spiro atoms. The second kappa shape index (κ2) is 3.52. The van der Waals surface area contributed by atoms with Crippen molar-refractivity contribution in [3.8, 4) is 0 Å². The molecule has 5 heteroatoms. The highest BCUT2D eigenvalue weighted by molar-refractivity contribution is 6.41. The molecule has 0 N–H and O–H groups in total. The zero-order valence-corrected chi connectivity index (χ0v) is 8.38. The molecule has 0 saturated heterocycles. The molecule has 14 heavy (non-hydrogen) atoms. The van der Waals surface area contributed by atoms with Crippen molar-refractivity contribution < 1.29 is 0 Å². The van der Waals surface area contributed by atoms with E-state index in [9.17, 15) is 4.91 Å². The Morgan fingerprint density at radius 2 is 1.93 bits per heavy atom. The van der Waals surface area contributed by atoms with Gasteiger partial charge in [-0.25, -0.2) is 4.98 Å². The number of benzene rings is 1. The summed E-state index contributed by atoms with van der Waals surface area (Å²) in [5.74, 6) is 0. The van der Waals surface area contributed by atoms with Gasteiger partial charge in [0.2, 0.25) is 0 Å². The largest absolute Gasteiger partial charge is 0.234 e. The molecule has 0 fully saturated rings. The van der Waals surface area contributed by atoms with Gasteiger partial charge < -0.3 is 0 Å². The van der Waals surface area contributed by atoms with Gasteiger partial charge in [-0.3, -0.25) is 0 Å². The number of nitrogens with zero attached hydrogens (tertiary/aromatic N) is 2. The Hall–Kier alpha value is -1.19. The van der Waals surface area contributed by atoms with Gasteiger partial charge in [0.25, 0.3) is 0 Å². The van der Waals surface area contributed by atoms with Gasteiger partial charge in [-0.2, -0.15) is 0 Å². The van der Waals surface area contributed by atoms with Crippen LogP contribution >= 0.6 is 23.2 Å². The molecule has 0 unspecified atom stereocenters. The number of hydrogen-bond donors (Lipinski definition) is 0. The summed E-state index contributed by atoms with van der Waals surface area (Å²) in [5, 5.41) is 3.69. The molecule has 0 aliphatic rings. The van der Waals surface area contributed by atoms with Gasteiger partial charge in [-0.15, -0.1) is 4.91 Å². The lowest BCUT2D eigenvalue weighted by molar-refractivity contribution is 1.37. The third-order valence-electron chi connectivity index (χ3n) is 1.85. The number of aromatic nitrogens is 1. The molecule has 3 nitrogen and oxygen atoms in total. The van der Waals surface area contributed by atoms with Crippen LogP contribution in [0.4, 0.5) is 5.69 Å². The Kier molecular flexibility index (Phi) is 2.35. The van der Waals surface area contributed by atoms with Crippen molar-refractivity contribution in [1.29, 1.82) is 0 Å². The smallest absolute Gasteiger partial charge is 0.164 e. The number of hydrogen-bond acceptors (Lipinski definition) is 3. The molecule has 0 bridgehead atoms. The van der Waals surface area contributed by atoms with Crippen molar-refractivity contribution in [2.45, 2.75) is 0 Å². The van der Waals surface area contributed by atoms with E-state index in [1.54, 1.807) is 18.2 Å². The minimum atomic E-state index is -0.00738. The van der Waals surface area contributed by atoms with Crippen LogP contribution in [0.15, 0.2) is 29.4 Å². The lowest BCUT2D eigenvalue weighted by atomic mass is 10.2. The topological polar surface area (TPSA) is 42.3 Å². The van der Waals surface area contributed by atoms with Crippen LogP contribution in [0.2, 0.25) is 10.2 Å². The molecule has 70 valence electrons. The third kappa shape index (κ3) is 1.35. The molecule has 0 aliphatic heterocycles. The van der Waals surface area contributed by atoms with Crippen LogP contribution in [-0.2, 0) is 0 Å². The highest BCUT2D eigenvalue weighted by Crippen LogP contribution is 2.36. The highest BCUT2D eigenvalue weighted by atomic mass is 35.5. The SMILES string of the molecule is O=Nc1c(Cl)nc2ccccc2c1Cl. The molecule has 0 atom stereocenters. The molecular formula is C9H4Cl2N2O. The summed E-state index contributed by atoms with van der Waals surface area (Å²) in [6.07, 6.45) is 0. The highest BCUT2D eigenvalue weighted by Gasteiger charge is 2.11. The van der Waals surface area contributed by atoms with E-state index in [4.69, 9.17) is 23.2 Å². The summed E-state index contributed by atoms with van der Waals surface area (Å²) in [5.41, 5.74) is 0.641. The fourth-order valence-corrected chi connectivity index (χ4v) is 1.76. The number of pyridine rings is 1. The molecule has 0 radical (unpaired) electrons. The normalized spacial score (nSPS) is 10.4. The fourth-order valence-electron chi connectivity index (χ4n) is 1.21. The van der Waals surface area contributed by atoms with E-state index in [1.807, 2.05) is 6.07 Å². The first-order chi connectivity index (χ1) is 6.74. The van der Waals surface area contributed by atoms with Crippen molar-refractivity contribution in [1.82, 2.24) is 4.98 Å². The Bertz CT molecular complexity index is 513. The minimum absolute atomic E-state index is 0.00738. The van der Waals surface area contributed by atoms with E-state index in [0.717, 1.165) is 0 Å². The molecule has 0 amide bonds. The Morgan fingerprint density at radius 3 is 2.64 bits per heavy atom. The molecule has 0 saturated carbocycles. The van der Waals surface area contributed by atoms with Gasteiger partial charge in [-0.05, 0) is 11.2 Å². The maximum absolute atomic E-state index is 10.4. The van der Waals surface area contributed by atoms with Crippen LogP contribution in [0.1, 0.15) is 0 Å². The van der Waals surface area contributed by atoms with Gasteiger partial charge >= 0.3 is 0 Å². The molecule has 1 aromatic heterocycles. The number of rotatable bonds is 1. The first kappa shape index (κ1) is 9.37. The third-order valence-corrected chi connectivity index (χ3v) is 2.50. The maximum Gasteiger partial charge on any atom is 0.164 e. The minimum Gasteiger partial charge on any atom is -0.234 e. The lowest BCUT2D eigenvalue weighted by Crippen LogP contribution is -1.82.